The van der Waals surface area contributed by atoms with E-state index in [0.717, 1.165) is 33.2 Å². The molecule has 65 heavy (non-hydrogen) atoms. The number of likely N-dealkylation sites (tertiary alicyclic amines) is 1. The van der Waals surface area contributed by atoms with Gasteiger partial charge in [0.05, 0.1) is 0 Å². The van der Waals surface area contributed by atoms with Crippen LogP contribution in [0.15, 0.2) is 115 Å². The molecule has 5 amide bonds. The summed E-state index contributed by atoms with van der Waals surface area (Å²) in [5, 5.41) is 11.8. The molecule has 1 saturated heterocycles. The van der Waals surface area contributed by atoms with Gasteiger partial charge >= 0.3 is 12.1 Å². The first-order valence-electron chi connectivity index (χ1n) is 21.9. The second-order valence-electron chi connectivity index (χ2n) is 17.2. The number of H-pyrrole nitrogens is 1. The maximum absolute atomic E-state index is 14.3. The van der Waals surface area contributed by atoms with Crippen LogP contribution in [0.25, 0.3) is 10.9 Å². The zero-order valence-electron chi connectivity index (χ0n) is 37.4. The quantitative estimate of drug-likeness (QED) is 0.0691. The number of hydrogen-bond donors (Lipinski definition) is 5. The minimum Gasteiger partial charge on any atom is -0.489 e. The average Bonchev–Trinajstić information content (AvgIpc) is 3.95. The Morgan fingerprint density at radius 2 is 1.34 bits per heavy atom. The molecule has 4 aromatic carbocycles. The summed E-state index contributed by atoms with van der Waals surface area (Å²) in [6, 6.07) is 28.3. The molecule has 2 heterocycles. The minimum absolute atomic E-state index is 0.0249. The van der Waals surface area contributed by atoms with Crippen LogP contribution >= 0.6 is 0 Å². The fourth-order valence-corrected chi connectivity index (χ4v) is 7.48. The monoisotopic (exact) mass is 886 g/mol. The third-order valence-electron chi connectivity index (χ3n) is 10.9. The molecule has 1 fully saturated rings. The normalized spacial score (nSPS) is 15.5. The molecular weight excluding hydrogens is 829 g/mol. The SMILES string of the molecule is C[C@@H](NC(=O)[C@@H]1CCCN1C(=O)[C@@H](Cc1ccc(OCc2ccccc2)cc1)NC(=O)OC(C)(C)C)C(=O)N[C@@H](Cc1c[nH]c2ccccc12)C(=O)N[C@H](C)C(=O)OCc1ccccc1. The van der Waals surface area contributed by atoms with Crippen molar-refractivity contribution in [3.63, 3.8) is 0 Å². The molecule has 0 bridgehead atoms. The number of aromatic nitrogens is 1. The number of aromatic amines is 1. The number of fused-ring (bicyclic) bond motifs is 1. The fraction of sp³-hybridized carbons (Fsp3) is 0.360. The third kappa shape index (κ3) is 13.7. The lowest BCUT2D eigenvalue weighted by atomic mass is 10.0. The second-order valence-corrected chi connectivity index (χ2v) is 17.2. The Bertz CT molecular complexity index is 2420. The Hall–Kier alpha value is -7.16. The highest BCUT2D eigenvalue weighted by Gasteiger charge is 2.39. The molecule has 1 aliphatic heterocycles. The van der Waals surface area contributed by atoms with Gasteiger partial charge in [0.2, 0.25) is 23.6 Å². The number of hydrogen-bond acceptors (Lipinski definition) is 9. The van der Waals surface area contributed by atoms with Crippen molar-refractivity contribution in [1.82, 2.24) is 31.2 Å². The number of rotatable bonds is 18. The van der Waals surface area contributed by atoms with E-state index in [1.165, 1.54) is 18.7 Å². The van der Waals surface area contributed by atoms with E-state index in [2.05, 4.69) is 26.3 Å². The van der Waals surface area contributed by atoms with Gasteiger partial charge < -0.3 is 45.4 Å². The molecule has 0 aliphatic carbocycles. The summed E-state index contributed by atoms with van der Waals surface area (Å²) < 4.78 is 16.9. The number of benzene rings is 4. The molecule has 0 spiro atoms. The lowest BCUT2D eigenvalue weighted by Crippen LogP contribution is -2.58. The van der Waals surface area contributed by atoms with E-state index in [4.69, 9.17) is 14.2 Å². The van der Waals surface area contributed by atoms with Crippen LogP contribution in [0.3, 0.4) is 0 Å². The van der Waals surface area contributed by atoms with Crippen LogP contribution in [-0.2, 0) is 59.5 Å². The lowest BCUT2D eigenvalue weighted by molar-refractivity contribution is -0.148. The van der Waals surface area contributed by atoms with Gasteiger partial charge in [-0.15, -0.1) is 0 Å². The summed E-state index contributed by atoms with van der Waals surface area (Å²) in [6.45, 7) is 8.80. The van der Waals surface area contributed by atoms with Crippen molar-refractivity contribution >= 4 is 46.6 Å². The van der Waals surface area contributed by atoms with Crippen LogP contribution in [-0.4, -0.2) is 87.9 Å². The summed E-state index contributed by atoms with van der Waals surface area (Å²) in [6.07, 6.45) is 1.97. The number of para-hydroxylation sites is 1. The van der Waals surface area contributed by atoms with Crippen LogP contribution in [0, 0.1) is 0 Å². The predicted molar refractivity (Wildman–Crippen MR) is 244 cm³/mol. The second kappa shape index (κ2) is 22.0. The molecule has 6 rings (SSSR count). The van der Waals surface area contributed by atoms with Gasteiger partial charge in [-0.2, -0.15) is 0 Å². The zero-order valence-corrected chi connectivity index (χ0v) is 37.4. The van der Waals surface area contributed by atoms with Crippen molar-refractivity contribution in [1.29, 1.82) is 0 Å². The summed E-state index contributed by atoms with van der Waals surface area (Å²) in [4.78, 5) is 86.5. The Balaban J connectivity index is 1.11. The van der Waals surface area contributed by atoms with Crippen molar-refractivity contribution in [2.24, 2.45) is 0 Å². The molecule has 0 saturated carbocycles. The summed E-state index contributed by atoms with van der Waals surface area (Å²) in [5.74, 6) is -2.36. The van der Waals surface area contributed by atoms with Crippen LogP contribution < -0.4 is 26.0 Å². The summed E-state index contributed by atoms with van der Waals surface area (Å²) >= 11 is 0. The lowest BCUT2D eigenvalue weighted by Gasteiger charge is -2.30. The van der Waals surface area contributed by atoms with Crippen LogP contribution in [0.2, 0.25) is 0 Å². The summed E-state index contributed by atoms with van der Waals surface area (Å²) in [5.41, 5.74) is 3.30. The van der Waals surface area contributed by atoms with Crippen molar-refractivity contribution < 1.29 is 43.0 Å². The van der Waals surface area contributed by atoms with Crippen molar-refractivity contribution in [3.05, 3.63) is 138 Å². The molecule has 5 atom stereocenters. The Labute approximate surface area is 379 Å². The molecule has 342 valence electrons. The van der Waals surface area contributed by atoms with Crippen molar-refractivity contribution in [3.8, 4) is 5.75 Å². The molecule has 1 aliphatic rings. The Morgan fingerprint density at radius 3 is 2.02 bits per heavy atom. The molecular formula is C50H58N6O9. The van der Waals surface area contributed by atoms with Crippen LogP contribution in [0.4, 0.5) is 4.79 Å². The van der Waals surface area contributed by atoms with Crippen LogP contribution in [0.5, 0.6) is 5.75 Å². The number of ether oxygens (including phenoxy) is 3. The highest BCUT2D eigenvalue weighted by molar-refractivity contribution is 5.96. The Morgan fingerprint density at radius 1 is 0.692 bits per heavy atom. The Kier molecular flexibility index (Phi) is 16.0. The molecule has 5 N–H and O–H groups in total. The molecule has 1 aromatic heterocycles. The number of amides is 5. The first kappa shape index (κ1) is 47.3. The fourth-order valence-electron chi connectivity index (χ4n) is 7.48. The van der Waals surface area contributed by atoms with Gasteiger partial charge in [0.25, 0.3) is 0 Å². The smallest absolute Gasteiger partial charge is 0.408 e. The topological polar surface area (TPSA) is 197 Å². The number of alkyl carbamates (subject to hydrolysis) is 1. The van der Waals surface area contributed by atoms with Gasteiger partial charge in [0.1, 0.15) is 54.8 Å². The van der Waals surface area contributed by atoms with E-state index >= 15 is 0 Å². The third-order valence-corrected chi connectivity index (χ3v) is 10.9. The van der Waals surface area contributed by atoms with E-state index < -0.39 is 71.5 Å². The van der Waals surface area contributed by atoms with E-state index in [0.29, 0.717) is 25.2 Å². The van der Waals surface area contributed by atoms with Gasteiger partial charge in [0, 0.05) is 36.5 Å². The first-order chi connectivity index (χ1) is 31.1. The van der Waals surface area contributed by atoms with E-state index in [1.54, 1.807) is 39.1 Å². The summed E-state index contributed by atoms with van der Waals surface area (Å²) in [7, 11) is 0. The maximum atomic E-state index is 14.3. The standard InChI is InChI=1S/C50H58N6O9/c1-32(44(57)54-41(28-37-29-51-40-20-13-12-19-39(37)40)45(58)53-33(2)48(61)64-31-36-17-10-7-11-18-36)52-46(59)43-21-14-26-56(43)47(60)42(55-49(62)65-50(3,4)5)27-34-22-24-38(25-23-34)63-30-35-15-8-6-9-16-35/h6-13,15-20,22-25,29,32-33,41-43,51H,14,21,26-28,30-31H2,1-5H3,(H,52,59)(H,53,58)(H,54,57)(H,55,62)/t32-,33-,41+,42-,43+/m1/s1. The van der Waals surface area contributed by atoms with Gasteiger partial charge in [-0.3, -0.25) is 19.2 Å². The van der Waals surface area contributed by atoms with E-state index in [1.807, 2.05) is 97.1 Å². The number of esters is 1. The first-order valence-corrected chi connectivity index (χ1v) is 21.9. The predicted octanol–water partition coefficient (Wildman–Crippen LogP) is 5.65. The largest absolute Gasteiger partial charge is 0.489 e. The highest BCUT2D eigenvalue weighted by atomic mass is 16.6. The van der Waals surface area contributed by atoms with Crippen molar-refractivity contribution in [2.45, 2.75) is 109 Å². The van der Waals surface area contributed by atoms with E-state index in [9.17, 15) is 28.8 Å². The van der Waals surface area contributed by atoms with Gasteiger partial charge in [0.15, 0.2) is 0 Å². The van der Waals surface area contributed by atoms with Gasteiger partial charge in [-0.1, -0.05) is 91.0 Å². The number of carbonyl (C=O) groups is 6. The molecule has 0 radical (unpaired) electrons. The number of carbonyl (C=O) groups excluding carboxylic acids is 6. The molecule has 5 aromatic rings. The molecule has 15 nitrogen and oxygen atoms in total. The number of nitrogens with one attached hydrogen (secondary N) is 5. The minimum atomic E-state index is -1.15. The molecule has 0 unspecified atom stereocenters. The van der Waals surface area contributed by atoms with Crippen LogP contribution in [0.1, 0.15) is 69.7 Å². The zero-order chi connectivity index (χ0) is 46.5. The van der Waals surface area contributed by atoms with E-state index in [-0.39, 0.29) is 26.0 Å². The highest BCUT2D eigenvalue weighted by Crippen LogP contribution is 2.23. The average molecular weight is 887 g/mol. The molecule has 15 heteroatoms. The van der Waals surface area contributed by atoms with Crippen molar-refractivity contribution in [2.75, 3.05) is 6.54 Å². The number of nitrogens with zero attached hydrogens (tertiary/aromatic N) is 1. The maximum Gasteiger partial charge on any atom is 0.408 e. The van der Waals surface area contributed by atoms with Gasteiger partial charge in [-0.25, -0.2) is 9.59 Å². The van der Waals surface area contributed by atoms with Gasteiger partial charge in [-0.05, 0) is 87.9 Å².